The van der Waals surface area contributed by atoms with Gasteiger partial charge >= 0.3 is 5.69 Å². The molecule has 0 bridgehead atoms. The fraction of sp³-hybridized carbons (Fsp3) is 0.200. The van der Waals surface area contributed by atoms with E-state index in [0.717, 1.165) is 0 Å². The largest absolute Gasteiger partial charge is 1.00 e. The molecular formula is C10H14BrN3O. The van der Waals surface area contributed by atoms with Gasteiger partial charge in [0.15, 0.2) is 5.82 Å². The van der Waals surface area contributed by atoms with E-state index >= 15 is 0 Å². The predicted octanol–water partition coefficient (Wildman–Crippen LogP) is -2.91. The molecule has 0 aliphatic rings. The molecule has 0 aliphatic heterocycles. The molecule has 1 aromatic heterocycles. The van der Waals surface area contributed by atoms with Gasteiger partial charge in [-0.1, -0.05) is 25.3 Å². The summed E-state index contributed by atoms with van der Waals surface area (Å²) >= 11 is 0. The highest BCUT2D eigenvalue weighted by molar-refractivity contribution is 5.25. The Hall–Kier alpha value is -1.36. The van der Waals surface area contributed by atoms with Crippen molar-refractivity contribution in [3.63, 3.8) is 0 Å². The lowest BCUT2D eigenvalue weighted by atomic mass is 10.5. The molecule has 0 spiro atoms. The molecule has 2 N–H and O–H groups in total. The van der Waals surface area contributed by atoms with E-state index < -0.39 is 0 Å². The molecule has 0 saturated heterocycles. The van der Waals surface area contributed by atoms with Crippen LogP contribution in [0, 0.1) is 0 Å². The van der Waals surface area contributed by atoms with Crippen LogP contribution in [-0.2, 0) is 13.1 Å². The van der Waals surface area contributed by atoms with Gasteiger partial charge in [-0.2, -0.15) is 13.9 Å². The number of nitrogen functional groups attached to an aromatic ring is 1. The quantitative estimate of drug-likeness (QED) is 0.472. The van der Waals surface area contributed by atoms with Crippen molar-refractivity contribution in [2.24, 2.45) is 0 Å². The van der Waals surface area contributed by atoms with E-state index in [0.29, 0.717) is 18.9 Å². The summed E-state index contributed by atoms with van der Waals surface area (Å²) in [6.07, 6.45) is 4.95. The number of anilines is 1. The molecule has 1 heterocycles. The number of aromatic nitrogens is 2. The molecule has 0 fully saturated rings. The van der Waals surface area contributed by atoms with Crippen molar-refractivity contribution in [3.8, 4) is 0 Å². The van der Waals surface area contributed by atoms with Crippen LogP contribution in [0.15, 0.2) is 42.4 Å². The van der Waals surface area contributed by atoms with E-state index in [1.165, 1.54) is 9.13 Å². The van der Waals surface area contributed by atoms with Gasteiger partial charge in [0.05, 0.1) is 0 Å². The summed E-state index contributed by atoms with van der Waals surface area (Å²) in [5.41, 5.74) is 5.50. The van der Waals surface area contributed by atoms with E-state index in [9.17, 15) is 4.79 Å². The summed E-state index contributed by atoms with van der Waals surface area (Å²) in [5, 5.41) is 0. The van der Waals surface area contributed by atoms with Crippen LogP contribution in [-0.4, -0.2) is 4.57 Å². The first-order valence-electron chi connectivity index (χ1n) is 4.31. The van der Waals surface area contributed by atoms with Crippen LogP contribution in [0.2, 0.25) is 0 Å². The van der Waals surface area contributed by atoms with Gasteiger partial charge in [-0.05, 0) is 0 Å². The molecule has 0 amide bonds. The highest BCUT2D eigenvalue weighted by Gasteiger charge is 2.11. The molecule has 0 aromatic carbocycles. The van der Waals surface area contributed by atoms with Crippen molar-refractivity contribution >= 4 is 5.82 Å². The normalized spacial score (nSPS) is 9.07. The van der Waals surface area contributed by atoms with Crippen molar-refractivity contribution in [2.45, 2.75) is 13.1 Å². The standard InChI is InChI=1S/C10H13N3O.BrH/c1-3-6-12-8-5-9(11)13(7-4-2)10(12)14;/h3-5,8,11H,1-2,6-7H2;1H. The molecule has 5 heteroatoms. The summed E-state index contributed by atoms with van der Waals surface area (Å²) in [6.45, 7) is 8.05. The maximum atomic E-state index is 11.7. The number of rotatable bonds is 4. The van der Waals surface area contributed by atoms with Gasteiger partial charge in [-0.3, -0.25) is 0 Å². The molecule has 82 valence electrons. The second kappa shape index (κ2) is 6.19. The Kier molecular flexibility index (Phi) is 5.62. The minimum atomic E-state index is -0.148. The minimum Gasteiger partial charge on any atom is -1.00 e. The number of nitrogens with zero attached hydrogens (tertiary/aromatic N) is 2. The van der Waals surface area contributed by atoms with Gasteiger partial charge < -0.3 is 22.7 Å². The third-order valence-corrected chi connectivity index (χ3v) is 1.85. The van der Waals surface area contributed by atoms with Crippen LogP contribution in [0.1, 0.15) is 0 Å². The second-order valence-corrected chi connectivity index (χ2v) is 2.86. The van der Waals surface area contributed by atoms with Gasteiger partial charge in [0, 0.05) is 6.07 Å². The number of allylic oxidation sites excluding steroid dienone is 2. The summed E-state index contributed by atoms with van der Waals surface area (Å²) in [7, 11) is 0. The van der Waals surface area contributed by atoms with E-state index in [2.05, 4.69) is 13.2 Å². The van der Waals surface area contributed by atoms with E-state index in [-0.39, 0.29) is 22.7 Å². The molecule has 0 atom stereocenters. The smallest absolute Gasteiger partial charge is 0.500 e. The van der Waals surface area contributed by atoms with Gasteiger partial charge in [-0.15, -0.1) is 0 Å². The third-order valence-electron chi connectivity index (χ3n) is 1.85. The first-order chi connectivity index (χ1) is 6.70. The molecule has 1 rings (SSSR count). The van der Waals surface area contributed by atoms with E-state index in [4.69, 9.17) is 5.73 Å². The third kappa shape index (κ3) is 3.06. The SMILES string of the molecule is C=CCn1c(N)cc[n+](CC=C)c1=O.[Br-]. The summed E-state index contributed by atoms with van der Waals surface area (Å²) < 4.78 is 2.99. The molecule has 0 saturated carbocycles. The van der Waals surface area contributed by atoms with Crippen LogP contribution in [0.5, 0.6) is 0 Å². The lowest BCUT2D eigenvalue weighted by molar-refractivity contribution is -0.705. The number of hydrogen-bond acceptors (Lipinski definition) is 2. The highest BCUT2D eigenvalue weighted by atomic mass is 79.9. The first kappa shape index (κ1) is 13.6. The second-order valence-electron chi connectivity index (χ2n) is 2.86. The minimum absolute atomic E-state index is 0. The predicted molar refractivity (Wildman–Crippen MR) is 55.7 cm³/mol. The van der Waals surface area contributed by atoms with Gasteiger partial charge in [0.2, 0.25) is 0 Å². The lowest BCUT2D eigenvalue weighted by Crippen LogP contribution is -3.00. The van der Waals surface area contributed by atoms with E-state index in [1.807, 2.05) is 0 Å². The van der Waals surface area contributed by atoms with Crippen LogP contribution < -0.4 is 33.0 Å². The Balaban J connectivity index is 0.00000196. The van der Waals surface area contributed by atoms with Crippen LogP contribution in [0.25, 0.3) is 0 Å². The zero-order valence-electron chi connectivity index (χ0n) is 8.40. The van der Waals surface area contributed by atoms with E-state index in [1.54, 1.807) is 24.4 Å². The monoisotopic (exact) mass is 271 g/mol. The van der Waals surface area contributed by atoms with Crippen molar-refractivity contribution in [2.75, 3.05) is 5.73 Å². The molecule has 1 aromatic rings. The highest BCUT2D eigenvalue weighted by Crippen LogP contribution is 1.94. The Morgan fingerprint density at radius 1 is 1.47 bits per heavy atom. The van der Waals surface area contributed by atoms with Gasteiger partial charge in [0.1, 0.15) is 19.3 Å². The lowest BCUT2D eigenvalue weighted by Gasteiger charge is -2.01. The Morgan fingerprint density at radius 2 is 2.13 bits per heavy atom. The summed E-state index contributed by atoms with van der Waals surface area (Å²) in [6, 6.07) is 1.69. The zero-order chi connectivity index (χ0) is 10.6. The topological polar surface area (TPSA) is 51.9 Å². The Morgan fingerprint density at radius 3 is 2.67 bits per heavy atom. The molecule has 0 radical (unpaired) electrons. The van der Waals surface area contributed by atoms with Crippen LogP contribution in [0.3, 0.4) is 0 Å². The Labute approximate surface area is 99.1 Å². The van der Waals surface area contributed by atoms with Crippen molar-refractivity contribution in [1.82, 2.24) is 4.57 Å². The molecule has 0 aliphatic carbocycles. The molecule has 0 unspecified atom stereocenters. The van der Waals surface area contributed by atoms with Crippen LogP contribution >= 0.6 is 0 Å². The first-order valence-corrected chi connectivity index (χ1v) is 4.31. The van der Waals surface area contributed by atoms with Crippen molar-refractivity contribution in [1.29, 1.82) is 0 Å². The molecule has 15 heavy (non-hydrogen) atoms. The van der Waals surface area contributed by atoms with Gasteiger partial charge in [-0.25, -0.2) is 0 Å². The zero-order valence-corrected chi connectivity index (χ0v) is 9.98. The summed E-state index contributed by atoms with van der Waals surface area (Å²) in [4.78, 5) is 11.7. The number of hydrogen-bond donors (Lipinski definition) is 1. The molecule has 4 nitrogen and oxygen atoms in total. The fourth-order valence-corrected chi connectivity index (χ4v) is 1.18. The number of halogens is 1. The van der Waals surface area contributed by atoms with Crippen LogP contribution in [0.4, 0.5) is 5.82 Å². The average molecular weight is 272 g/mol. The fourth-order valence-electron chi connectivity index (χ4n) is 1.18. The summed E-state index contributed by atoms with van der Waals surface area (Å²) in [5.74, 6) is 0.440. The van der Waals surface area contributed by atoms with Crippen molar-refractivity contribution in [3.05, 3.63) is 48.1 Å². The number of nitrogens with two attached hydrogens (primary N) is 1. The van der Waals surface area contributed by atoms with Gasteiger partial charge in [0.25, 0.3) is 0 Å². The van der Waals surface area contributed by atoms with Crippen molar-refractivity contribution < 1.29 is 21.5 Å². The molecular weight excluding hydrogens is 258 g/mol. The Bertz CT molecular complexity index is 412. The maximum absolute atomic E-state index is 11.7. The average Bonchev–Trinajstić information content (AvgIpc) is 2.17. The maximum Gasteiger partial charge on any atom is 0.500 e.